The number of nitrogens with one attached hydrogen (secondary N) is 2. The van der Waals surface area contributed by atoms with Crippen LogP contribution in [0, 0.1) is 5.92 Å². The normalized spacial score (nSPS) is 24.6. The van der Waals surface area contributed by atoms with Gasteiger partial charge in [0.1, 0.15) is 0 Å². The highest BCUT2D eigenvalue weighted by molar-refractivity contribution is 5.59. The average molecular weight is 266 g/mol. The Morgan fingerprint density at radius 1 is 1.00 bits per heavy atom. The number of para-hydroxylation sites is 2. The molecule has 104 valence electrons. The highest BCUT2D eigenvalue weighted by atomic mass is 15.0. The van der Waals surface area contributed by atoms with Crippen LogP contribution >= 0.6 is 0 Å². The molecule has 20 heavy (non-hydrogen) atoms. The second kappa shape index (κ2) is 5.58. The lowest BCUT2D eigenvalue weighted by Gasteiger charge is -2.39. The van der Waals surface area contributed by atoms with Gasteiger partial charge in [0, 0.05) is 23.3 Å². The Hall–Kier alpha value is -1.96. The Morgan fingerprint density at radius 3 is 2.45 bits per heavy atom. The predicted molar refractivity (Wildman–Crippen MR) is 86.1 cm³/mol. The van der Waals surface area contributed by atoms with Gasteiger partial charge >= 0.3 is 0 Å². The first-order valence-electron chi connectivity index (χ1n) is 7.46. The number of fused-ring (bicyclic) bond motifs is 1. The van der Waals surface area contributed by atoms with Crippen LogP contribution < -0.4 is 10.6 Å². The third kappa shape index (κ3) is 2.38. The standard InChI is InChI=1S/C18H22N2/c1-3-16-13(2)18(19-14-9-5-4-6-10-14)15-11-7-8-12-17(15)20-16/h4-13,16,18-20H,3H2,1-2H3/t13-,16-,18-/m0/s1. The molecule has 3 atom stereocenters. The fourth-order valence-electron chi connectivity index (χ4n) is 3.14. The van der Waals surface area contributed by atoms with Crippen LogP contribution in [0.15, 0.2) is 54.6 Å². The largest absolute Gasteiger partial charge is 0.382 e. The Labute approximate surface area is 121 Å². The van der Waals surface area contributed by atoms with Crippen LogP contribution in [0.5, 0.6) is 0 Å². The molecule has 3 rings (SSSR count). The Morgan fingerprint density at radius 2 is 1.70 bits per heavy atom. The Balaban J connectivity index is 1.95. The lowest BCUT2D eigenvalue weighted by atomic mass is 9.82. The van der Waals surface area contributed by atoms with E-state index in [9.17, 15) is 0 Å². The minimum atomic E-state index is 0.361. The monoisotopic (exact) mass is 266 g/mol. The Bertz CT molecular complexity index is 565. The van der Waals surface area contributed by atoms with Crippen molar-refractivity contribution in [2.24, 2.45) is 5.92 Å². The maximum absolute atomic E-state index is 3.71. The quantitative estimate of drug-likeness (QED) is 0.843. The van der Waals surface area contributed by atoms with Crippen LogP contribution in [0.3, 0.4) is 0 Å². The molecule has 1 heterocycles. The smallest absolute Gasteiger partial charge is 0.0579 e. The molecule has 0 unspecified atom stereocenters. The molecule has 0 saturated carbocycles. The summed E-state index contributed by atoms with van der Waals surface area (Å²) in [6, 6.07) is 20.0. The van der Waals surface area contributed by atoms with E-state index in [2.05, 4.69) is 79.1 Å². The summed E-state index contributed by atoms with van der Waals surface area (Å²) in [5.41, 5.74) is 3.83. The van der Waals surface area contributed by atoms with Gasteiger partial charge in [-0.15, -0.1) is 0 Å². The van der Waals surface area contributed by atoms with Crippen LogP contribution in [0.4, 0.5) is 11.4 Å². The van der Waals surface area contributed by atoms with Gasteiger partial charge in [0.2, 0.25) is 0 Å². The van der Waals surface area contributed by atoms with Gasteiger partial charge in [0.15, 0.2) is 0 Å². The predicted octanol–water partition coefficient (Wildman–Crippen LogP) is 4.68. The third-order valence-electron chi connectivity index (χ3n) is 4.33. The lowest BCUT2D eigenvalue weighted by molar-refractivity contribution is 0.400. The number of hydrogen-bond donors (Lipinski definition) is 2. The number of rotatable bonds is 3. The highest BCUT2D eigenvalue weighted by Gasteiger charge is 2.32. The maximum Gasteiger partial charge on any atom is 0.0579 e. The SMILES string of the molecule is CC[C@@H]1Nc2ccccc2[C@@H](Nc2ccccc2)[C@H]1C. The summed E-state index contributed by atoms with van der Waals surface area (Å²) in [4.78, 5) is 0. The van der Waals surface area contributed by atoms with Crippen LogP contribution in [0.2, 0.25) is 0 Å². The van der Waals surface area contributed by atoms with Crippen molar-refractivity contribution in [2.75, 3.05) is 10.6 Å². The first-order chi connectivity index (χ1) is 9.79. The summed E-state index contributed by atoms with van der Waals surface area (Å²) in [7, 11) is 0. The molecule has 2 heteroatoms. The van der Waals surface area contributed by atoms with E-state index in [1.54, 1.807) is 0 Å². The van der Waals surface area contributed by atoms with E-state index < -0.39 is 0 Å². The maximum atomic E-state index is 3.71. The van der Waals surface area contributed by atoms with E-state index in [0.29, 0.717) is 18.0 Å². The van der Waals surface area contributed by atoms with Gasteiger partial charge in [-0.1, -0.05) is 50.2 Å². The number of benzene rings is 2. The summed E-state index contributed by atoms with van der Waals surface area (Å²) in [6.45, 7) is 4.58. The molecule has 0 saturated heterocycles. The summed E-state index contributed by atoms with van der Waals surface area (Å²) in [6.07, 6.45) is 1.14. The van der Waals surface area contributed by atoms with E-state index >= 15 is 0 Å². The fourth-order valence-corrected chi connectivity index (χ4v) is 3.14. The lowest BCUT2D eigenvalue weighted by Crippen LogP contribution is -2.38. The highest BCUT2D eigenvalue weighted by Crippen LogP contribution is 2.39. The molecule has 0 aromatic heterocycles. The zero-order valence-corrected chi connectivity index (χ0v) is 12.1. The van der Waals surface area contributed by atoms with E-state index in [-0.39, 0.29) is 0 Å². The van der Waals surface area contributed by atoms with Gasteiger partial charge in [-0.25, -0.2) is 0 Å². The van der Waals surface area contributed by atoms with Crippen molar-refractivity contribution in [3.05, 3.63) is 60.2 Å². The molecule has 0 bridgehead atoms. The Kier molecular flexibility index (Phi) is 3.64. The molecule has 2 nitrogen and oxygen atoms in total. The van der Waals surface area contributed by atoms with Crippen LogP contribution in [-0.2, 0) is 0 Å². The fraction of sp³-hybridized carbons (Fsp3) is 0.333. The second-order valence-electron chi connectivity index (χ2n) is 5.59. The molecule has 1 aliphatic heterocycles. The van der Waals surface area contributed by atoms with Gasteiger partial charge in [0.05, 0.1) is 6.04 Å². The molecule has 0 aliphatic carbocycles. The van der Waals surface area contributed by atoms with Crippen molar-refractivity contribution in [3.8, 4) is 0 Å². The van der Waals surface area contributed by atoms with Crippen molar-refractivity contribution in [3.63, 3.8) is 0 Å². The zero-order valence-electron chi connectivity index (χ0n) is 12.1. The molecule has 0 fully saturated rings. The molecule has 1 aliphatic rings. The topological polar surface area (TPSA) is 24.1 Å². The van der Waals surface area contributed by atoms with Crippen molar-refractivity contribution < 1.29 is 0 Å². The molecule has 0 amide bonds. The molecule has 0 radical (unpaired) electrons. The molecule has 2 aromatic rings. The van der Waals surface area contributed by atoms with E-state index in [4.69, 9.17) is 0 Å². The molecule has 2 aromatic carbocycles. The van der Waals surface area contributed by atoms with Gasteiger partial charge in [-0.05, 0) is 30.2 Å². The summed E-state index contributed by atoms with van der Waals surface area (Å²) in [5, 5.41) is 7.38. The number of anilines is 2. The van der Waals surface area contributed by atoms with Crippen LogP contribution in [-0.4, -0.2) is 6.04 Å². The van der Waals surface area contributed by atoms with Gasteiger partial charge in [-0.3, -0.25) is 0 Å². The summed E-state index contributed by atoms with van der Waals surface area (Å²) < 4.78 is 0. The first kappa shape index (κ1) is 13.0. The minimum Gasteiger partial charge on any atom is -0.382 e. The zero-order chi connectivity index (χ0) is 13.9. The average Bonchev–Trinajstić information content (AvgIpc) is 2.51. The number of hydrogen-bond acceptors (Lipinski definition) is 2. The third-order valence-corrected chi connectivity index (χ3v) is 4.33. The van der Waals surface area contributed by atoms with Crippen molar-refractivity contribution in [2.45, 2.75) is 32.4 Å². The molecular formula is C18H22N2. The van der Waals surface area contributed by atoms with Crippen molar-refractivity contribution in [1.29, 1.82) is 0 Å². The molecule has 0 spiro atoms. The summed E-state index contributed by atoms with van der Waals surface area (Å²) in [5.74, 6) is 0.551. The van der Waals surface area contributed by atoms with E-state index in [1.165, 1.54) is 16.9 Å². The second-order valence-corrected chi connectivity index (χ2v) is 5.59. The first-order valence-corrected chi connectivity index (χ1v) is 7.46. The van der Waals surface area contributed by atoms with Gasteiger partial charge in [0.25, 0.3) is 0 Å². The van der Waals surface area contributed by atoms with Gasteiger partial charge in [-0.2, -0.15) is 0 Å². The van der Waals surface area contributed by atoms with E-state index in [0.717, 1.165) is 6.42 Å². The van der Waals surface area contributed by atoms with Gasteiger partial charge < -0.3 is 10.6 Å². The van der Waals surface area contributed by atoms with E-state index in [1.807, 2.05) is 0 Å². The van der Waals surface area contributed by atoms with Crippen LogP contribution in [0.1, 0.15) is 31.9 Å². The molecular weight excluding hydrogens is 244 g/mol. The van der Waals surface area contributed by atoms with Crippen LogP contribution in [0.25, 0.3) is 0 Å². The summed E-state index contributed by atoms with van der Waals surface area (Å²) >= 11 is 0. The van der Waals surface area contributed by atoms with Crippen molar-refractivity contribution in [1.82, 2.24) is 0 Å². The minimum absolute atomic E-state index is 0.361. The molecule has 2 N–H and O–H groups in total. The van der Waals surface area contributed by atoms with Crippen molar-refractivity contribution >= 4 is 11.4 Å².